The van der Waals surface area contributed by atoms with Crippen LogP contribution in [-0.2, 0) is 4.74 Å². The van der Waals surface area contributed by atoms with E-state index in [1.54, 1.807) is 11.1 Å². The second-order valence-electron chi connectivity index (χ2n) is 6.92. The summed E-state index contributed by atoms with van der Waals surface area (Å²) < 4.78 is 5.61. The minimum atomic E-state index is 0.362. The van der Waals surface area contributed by atoms with Crippen LogP contribution in [0.15, 0.2) is 11.1 Å². The Hall–Kier alpha value is -0.340. The molecule has 1 unspecified atom stereocenters. The van der Waals surface area contributed by atoms with Crippen molar-refractivity contribution in [3.05, 3.63) is 11.1 Å². The van der Waals surface area contributed by atoms with Crippen LogP contribution in [0, 0.1) is 0 Å². The van der Waals surface area contributed by atoms with Gasteiger partial charge in [-0.2, -0.15) is 0 Å². The van der Waals surface area contributed by atoms with Crippen molar-refractivity contribution in [2.75, 3.05) is 26.3 Å². The van der Waals surface area contributed by atoms with E-state index in [1.807, 2.05) is 0 Å². The average molecular weight is 293 g/mol. The van der Waals surface area contributed by atoms with Gasteiger partial charge >= 0.3 is 0 Å². The van der Waals surface area contributed by atoms with Gasteiger partial charge in [-0.1, -0.05) is 44.3 Å². The lowest BCUT2D eigenvalue weighted by molar-refractivity contribution is -0.0194. The molecule has 1 aliphatic heterocycles. The van der Waals surface area contributed by atoms with Gasteiger partial charge in [0.05, 0.1) is 13.2 Å². The average Bonchev–Trinajstić information content (AvgIpc) is 2.54. The van der Waals surface area contributed by atoms with Gasteiger partial charge in [0, 0.05) is 18.6 Å². The predicted molar refractivity (Wildman–Crippen MR) is 90.7 cm³/mol. The molecule has 2 rings (SSSR count). The molecule has 0 amide bonds. The molecule has 21 heavy (non-hydrogen) atoms. The quantitative estimate of drug-likeness (QED) is 0.617. The zero-order valence-corrected chi connectivity index (χ0v) is 14.5. The molecule has 2 heteroatoms. The van der Waals surface area contributed by atoms with Gasteiger partial charge in [-0.05, 0) is 45.4 Å². The summed E-state index contributed by atoms with van der Waals surface area (Å²) >= 11 is 0. The highest BCUT2D eigenvalue weighted by Gasteiger charge is 2.40. The first kappa shape index (κ1) is 17.0. The van der Waals surface area contributed by atoms with Crippen molar-refractivity contribution in [2.24, 2.45) is 0 Å². The molecule has 1 atom stereocenters. The number of hydrogen-bond donors (Lipinski definition) is 0. The number of unbranched alkanes of at least 4 members (excludes halogenated alkanes) is 2. The van der Waals surface area contributed by atoms with E-state index in [2.05, 4.69) is 25.7 Å². The Morgan fingerprint density at radius 2 is 1.81 bits per heavy atom. The van der Waals surface area contributed by atoms with E-state index in [9.17, 15) is 0 Å². The molecule has 1 fully saturated rings. The van der Waals surface area contributed by atoms with Crippen LogP contribution >= 0.6 is 0 Å². The third-order valence-corrected chi connectivity index (χ3v) is 5.69. The molecule has 1 saturated heterocycles. The number of ether oxygens (including phenoxy) is 1. The van der Waals surface area contributed by atoms with Gasteiger partial charge in [-0.3, -0.25) is 4.90 Å². The summed E-state index contributed by atoms with van der Waals surface area (Å²) in [5.41, 5.74) is 3.88. The molecule has 0 N–H and O–H groups in total. The van der Waals surface area contributed by atoms with Crippen molar-refractivity contribution < 1.29 is 4.74 Å². The molecule has 2 aliphatic rings. The van der Waals surface area contributed by atoms with E-state index in [-0.39, 0.29) is 0 Å². The Labute approximate surface area is 131 Å². The Morgan fingerprint density at radius 3 is 2.48 bits per heavy atom. The number of allylic oxidation sites excluding steroid dienone is 1. The highest BCUT2D eigenvalue weighted by molar-refractivity contribution is 5.28. The smallest absolute Gasteiger partial charge is 0.0594 e. The first-order valence-corrected chi connectivity index (χ1v) is 9.26. The molecule has 0 spiro atoms. The van der Waals surface area contributed by atoms with E-state index >= 15 is 0 Å². The minimum Gasteiger partial charge on any atom is -0.379 e. The maximum atomic E-state index is 5.61. The summed E-state index contributed by atoms with van der Waals surface area (Å²) in [7, 11) is 0. The van der Waals surface area contributed by atoms with Crippen LogP contribution in [-0.4, -0.2) is 36.7 Å². The topological polar surface area (TPSA) is 12.5 Å². The van der Waals surface area contributed by atoms with E-state index in [1.165, 1.54) is 57.8 Å². The van der Waals surface area contributed by atoms with Gasteiger partial charge in [0.2, 0.25) is 0 Å². The number of nitrogens with zero attached hydrogens (tertiary/aromatic N) is 1. The second kappa shape index (κ2) is 8.33. The van der Waals surface area contributed by atoms with Crippen LogP contribution in [0.2, 0.25) is 0 Å². The fraction of sp³-hybridized carbons (Fsp3) is 0.895. The summed E-state index contributed by atoms with van der Waals surface area (Å²) in [6, 6.07) is 0. The Balaban J connectivity index is 2.23. The summed E-state index contributed by atoms with van der Waals surface area (Å²) in [5, 5.41) is 0. The minimum absolute atomic E-state index is 0.362. The summed E-state index contributed by atoms with van der Waals surface area (Å²) in [5.74, 6) is 0. The molecule has 0 aromatic carbocycles. The molecule has 0 radical (unpaired) electrons. The first-order chi connectivity index (χ1) is 10.2. The third-order valence-electron chi connectivity index (χ3n) is 5.69. The maximum absolute atomic E-state index is 5.61. The van der Waals surface area contributed by atoms with Crippen molar-refractivity contribution in [2.45, 2.75) is 84.1 Å². The SMILES string of the molecule is CCCCC1=C(C)C(CCCC)(N2CCOCC2)CCC1. The van der Waals surface area contributed by atoms with Crippen LogP contribution < -0.4 is 0 Å². The van der Waals surface area contributed by atoms with Crippen LogP contribution in [0.1, 0.15) is 78.6 Å². The predicted octanol–water partition coefficient (Wildman–Crippen LogP) is 4.94. The van der Waals surface area contributed by atoms with Crippen LogP contribution in [0.4, 0.5) is 0 Å². The van der Waals surface area contributed by atoms with Crippen molar-refractivity contribution in [3.8, 4) is 0 Å². The molecule has 1 heterocycles. The van der Waals surface area contributed by atoms with Gasteiger partial charge < -0.3 is 4.74 Å². The zero-order valence-electron chi connectivity index (χ0n) is 14.5. The number of rotatable bonds is 7. The highest BCUT2D eigenvalue weighted by atomic mass is 16.5. The molecule has 0 aromatic rings. The van der Waals surface area contributed by atoms with E-state index in [0.717, 1.165) is 26.3 Å². The first-order valence-electron chi connectivity index (χ1n) is 9.26. The summed E-state index contributed by atoms with van der Waals surface area (Å²) in [6.07, 6.45) is 12.1. The normalized spacial score (nSPS) is 28.1. The fourth-order valence-corrected chi connectivity index (χ4v) is 4.33. The Bertz CT molecular complexity index is 343. The van der Waals surface area contributed by atoms with Gasteiger partial charge in [-0.15, -0.1) is 0 Å². The summed E-state index contributed by atoms with van der Waals surface area (Å²) in [6.45, 7) is 11.2. The standard InChI is InChI=1S/C19H35NO/c1-4-6-9-18-10-8-12-19(17(18)3,11-7-5-2)20-13-15-21-16-14-20/h4-16H2,1-3H3. The van der Waals surface area contributed by atoms with E-state index < -0.39 is 0 Å². The molecule has 1 aliphatic carbocycles. The zero-order chi connectivity index (χ0) is 15.1. The largest absolute Gasteiger partial charge is 0.379 e. The molecular formula is C19H35NO. The van der Waals surface area contributed by atoms with Gasteiger partial charge in [0.1, 0.15) is 0 Å². The van der Waals surface area contributed by atoms with Crippen LogP contribution in [0.5, 0.6) is 0 Å². The molecule has 2 nitrogen and oxygen atoms in total. The second-order valence-corrected chi connectivity index (χ2v) is 6.92. The van der Waals surface area contributed by atoms with Gasteiger partial charge in [0.25, 0.3) is 0 Å². The maximum Gasteiger partial charge on any atom is 0.0594 e. The van der Waals surface area contributed by atoms with Crippen molar-refractivity contribution >= 4 is 0 Å². The molecule has 0 bridgehead atoms. The van der Waals surface area contributed by atoms with Gasteiger partial charge in [0.15, 0.2) is 0 Å². The molecular weight excluding hydrogens is 258 g/mol. The number of hydrogen-bond acceptors (Lipinski definition) is 2. The van der Waals surface area contributed by atoms with Gasteiger partial charge in [-0.25, -0.2) is 0 Å². The summed E-state index contributed by atoms with van der Waals surface area (Å²) in [4.78, 5) is 2.77. The van der Waals surface area contributed by atoms with E-state index in [0.29, 0.717) is 5.54 Å². The van der Waals surface area contributed by atoms with Crippen molar-refractivity contribution in [3.63, 3.8) is 0 Å². The lowest BCUT2D eigenvalue weighted by Gasteiger charge is -2.50. The molecule has 0 saturated carbocycles. The number of morpholine rings is 1. The van der Waals surface area contributed by atoms with Crippen LogP contribution in [0.25, 0.3) is 0 Å². The monoisotopic (exact) mass is 293 g/mol. The third kappa shape index (κ3) is 3.90. The fourth-order valence-electron chi connectivity index (χ4n) is 4.33. The highest BCUT2D eigenvalue weighted by Crippen LogP contribution is 2.43. The molecule has 122 valence electrons. The van der Waals surface area contributed by atoms with E-state index in [4.69, 9.17) is 4.74 Å². The lowest BCUT2D eigenvalue weighted by Crippen LogP contribution is -2.55. The lowest BCUT2D eigenvalue weighted by atomic mass is 9.72. The Kier molecular flexibility index (Phi) is 6.75. The van der Waals surface area contributed by atoms with Crippen LogP contribution in [0.3, 0.4) is 0 Å². The van der Waals surface area contributed by atoms with Crippen molar-refractivity contribution in [1.29, 1.82) is 0 Å². The Morgan fingerprint density at radius 1 is 1.10 bits per heavy atom. The van der Waals surface area contributed by atoms with Crippen molar-refractivity contribution in [1.82, 2.24) is 4.90 Å². The molecule has 0 aromatic heterocycles.